The van der Waals surface area contributed by atoms with Crippen LogP contribution >= 0.6 is 0 Å². The van der Waals surface area contributed by atoms with Crippen LogP contribution in [-0.4, -0.2) is 29.5 Å². The van der Waals surface area contributed by atoms with Crippen LogP contribution in [0.2, 0.25) is 0 Å². The summed E-state index contributed by atoms with van der Waals surface area (Å²) < 4.78 is 140. The fourth-order valence-electron chi connectivity index (χ4n) is 6.23. The molecule has 0 unspecified atom stereocenters. The fraction of sp³-hybridized carbons (Fsp3) is 0. The van der Waals surface area contributed by atoms with E-state index in [0.717, 1.165) is 32.3 Å². The molecule has 10 aromatic rings. The maximum atomic E-state index is 9.29. The number of fused-ring (bicyclic) bond motifs is 8. The van der Waals surface area contributed by atoms with E-state index in [4.69, 9.17) is 16.4 Å². The Bertz CT molecular complexity index is 3670. The molecule has 0 radical (unpaired) electrons. The van der Waals surface area contributed by atoms with E-state index in [2.05, 4.69) is 33.2 Å². The fourth-order valence-corrected chi connectivity index (χ4v) is 8.81. The predicted molar refractivity (Wildman–Crippen MR) is 206 cm³/mol. The molecule has 0 amide bonds. The first-order valence-corrected chi connectivity index (χ1v) is 16.8. The van der Waals surface area contributed by atoms with Crippen LogP contribution in [0.3, 0.4) is 0 Å². The molecule has 2 aromatic heterocycles. The third-order valence-corrected chi connectivity index (χ3v) is 11.0. The Balaban J connectivity index is 1.30. The maximum absolute atomic E-state index is 9.29. The van der Waals surface area contributed by atoms with Gasteiger partial charge in [-0.05, 0) is 0 Å². The molecule has 0 bridgehead atoms. The zero-order valence-electron chi connectivity index (χ0n) is 41.1. The quantitative estimate of drug-likeness (QED) is 0.135. The summed E-state index contributed by atoms with van der Waals surface area (Å²) in [5.74, 6) is -1.57. The van der Waals surface area contributed by atoms with Gasteiger partial charge in [0.05, 0.1) is 0 Å². The van der Waals surface area contributed by atoms with Gasteiger partial charge in [-0.2, -0.15) is 0 Å². The summed E-state index contributed by atoms with van der Waals surface area (Å²) in [6, 6.07) is 12.0. The minimum atomic E-state index is -0.994. The summed E-state index contributed by atoms with van der Waals surface area (Å²) in [6.07, 6.45) is 0. The SMILES string of the molecule is [2H]c1c([2H])c([2H])c(-c2nc(-c3c([2H])c([2H])c([2H])c([2H])c3[2H])nc(-c3c([2H])c([2H])c([2H])c4c3[se]c3c(-c5ccc6c(ccc7c8ccccc8ccc67)c5)c([2H])c([2H])c([2H])c34)n2)c([2H])c1[2H]. The van der Waals surface area contributed by atoms with Gasteiger partial charge in [-0.25, -0.2) is 0 Å². The van der Waals surface area contributed by atoms with Crippen molar-refractivity contribution in [1.29, 1.82) is 0 Å². The van der Waals surface area contributed by atoms with Gasteiger partial charge in [-0.1, -0.05) is 0 Å². The van der Waals surface area contributed by atoms with Crippen molar-refractivity contribution in [2.45, 2.75) is 0 Å². The topological polar surface area (TPSA) is 38.7 Å². The number of aromatic nitrogens is 3. The van der Waals surface area contributed by atoms with Gasteiger partial charge >= 0.3 is 312 Å². The van der Waals surface area contributed by atoms with Crippen molar-refractivity contribution in [3.8, 4) is 45.3 Å². The first-order chi connectivity index (χ1) is 30.9. The van der Waals surface area contributed by atoms with E-state index >= 15 is 0 Å². The molecule has 10 rings (SSSR count). The van der Waals surface area contributed by atoms with Crippen LogP contribution in [0.5, 0.6) is 0 Å². The van der Waals surface area contributed by atoms with E-state index < -0.39 is 128 Å². The molecule has 0 saturated heterocycles. The van der Waals surface area contributed by atoms with Crippen LogP contribution < -0.4 is 0 Å². The summed E-state index contributed by atoms with van der Waals surface area (Å²) >= 11 is -0.994. The molecule has 0 atom stereocenters. The summed E-state index contributed by atoms with van der Waals surface area (Å²) in [6.45, 7) is 0. The molecule has 0 spiro atoms. The number of hydrogen-bond acceptors (Lipinski definition) is 3. The molecule has 228 valence electrons. The molecular formula is C45H27N3Se. The van der Waals surface area contributed by atoms with E-state index in [0.29, 0.717) is 15.4 Å². The molecule has 0 aliphatic heterocycles. The van der Waals surface area contributed by atoms with Crippen molar-refractivity contribution < 1.29 is 21.9 Å². The third-order valence-electron chi connectivity index (χ3n) is 8.45. The molecule has 3 nitrogen and oxygen atoms in total. The third kappa shape index (κ3) is 4.69. The Morgan fingerprint density at radius 3 is 1.63 bits per heavy atom. The van der Waals surface area contributed by atoms with Crippen LogP contribution in [0.1, 0.15) is 21.9 Å². The molecule has 0 saturated carbocycles. The molecule has 4 heteroatoms. The molecule has 2 heterocycles. The summed E-state index contributed by atoms with van der Waals surface area (Å²) in [5, 5.41) is 6.21. The van der Waals surface area contributed by atoms with Gasteiger partial charge in [0.15, 0.2) is 0 Å². The van der Waals surface area contributed by atoms with Gasteiger partial charge in [-0.15, -0.1) is 0 Å². The monoisotopic (exact) mass is 705 g/mol. The van der Waals surface area contributed by atoms with Gasteiger partial charge in [0, 0.05) is 0 Å². The van der Waals surface area contributed by atoms with Gasteiger partial charge in [-0.3, -0.25) is 0 Å². The summed E-state index contributed by atoms with van der Waals surface area (Å²) in [7, 11) is 0. The van der Waals surface area contributed by atoms with Gasteiger partial charge in [0.1, 0.15) is 0 Å². The van der Waals surface area contributed by atoms with Crippen molar-refractivity contribution in [2.75, 3.05) is 0 Å². The second-order valence-electron chi connectivity index (χ2n) is 11.2. The molecule has 8 aromatic carbocycles. The van der Waals surface area contributed by atoms with Crippen LogP contribution in [0.15, 0.2) is 163 Å². The Kier molecular flexibility index (Phi) is 3.81. The van der Waals surface area contributed by atoms with Crippen LogP contribution in [0.25, 0.3) is 96.9 Å². The van der Waals surface area contributed by atoms with E-state index in [-0.39, 0.29) is 32.7 Å². The van der Waals surface area contributed by atoms with E-state index in [1.807, 2.05) is 48.5 Å². The normalized spacial score (nSPS) is 16.2. The van der Waals surface area contributed by atoms with E-state index in [1.165, 1.54) is 0 Å². The van der Waals surface area contributed by atoms with Gasteiger partial charge < -0.3 is 0 Å². The number of hydrogen-bond donors (Lipinski definition) is 0. The Morgan fingerprint density at radius 1 is 0.388 bits per heavy atom. The summed E-state index contributed by atoms with van der Waals surface area (Å²) in [5.41, 5.74) is -0.336. The molecule has 0 aliphatic rings. The number of rotatable bonds is 4. The van der Waals surface area contributed by atoms with Gasteiger partial charge in [0.25, 0.3) is 0 Å². The average molecular weight is 705 g/mol. The Morgan fingerprint density at radius 2 is 0.939 bits per heavy atom. The van der Waals surface area contributed by atoms with Crippen molar-refractivity contribution in [2.24, 2.45) is 0 Å². The zero-order chi connectivity index (χ0) is 46.2. The van der Waals surface area contributed by atoms with Crippen molar-refractivity contribution in [3.05, 3.63) is 163 Å². The molecule has 0 N–H and O–H groups in total. The van der Waals surface area contributed by atoms with Crippen LogP contribution in [0, 0.1) is 0 Å². The minimum absolute atomic E-state index is 0.0311. The average Bonchev–Trinajstić information content (AvgIpc) is 3.69. The van der Waals surface area contributed by atoms with Crippen molar-refractivity contribution >= 4 is 66.1 Å². The Labute approximate surface area is 311 Å². The van der Waals surface area contributed by atoms with E-state index in [9.17, 15) is 5.48 Å². The molecule has 0 aliphatic carbocycles. The predicted octanol–water partition coefficient (Wildman–Crippen LogP) is 11.4. The second-order valence-corrected chi connectivity index (χ2v) is 13.3. The van der Waals surface area contributed by atoms with Crippen molar-refractivity contribution in [1.82, 2.24) is 15.0 Å². The molecular weight excluding hydrogens is 661 g/mol. The first-order valence-electron chi connectivity index (χ1n) is 23.1. The summed E-state index contributed by atoms with van der Waals surface area (Å²) in [4.78, 5) is 13.4. The standard InChI is InChI=1S/C45H27N3Se/c1-3-12-29(13-4-1)43-46-44(30-14-5-2-6-15-30)48-45(47-43)40-20-10-19-39-38-18-9-17-35(41(38)49-42(39)40)32-22-24-34-31(27-32)23-26-36-33-16-8-7-11-28(33)21-25-37(34)36/h1-27H/i1D,2D,3D,4D,5D,6D,9D,10D,12D,13D,14D,15D,17D,18D,19D,20D. The molecule has 49 heavy (non-hydrogen) atoms. The Hall–Kier alpha value is -5.93. The second kappa shape index (κ2) is 11.3. The van der Waals surface area contributed by atoms with Gasteiger partial charge in [0.2, 0.25) is 0 Å². The van der Waals surface area contributed by atoms with Crippen LogP contribution in [0.4, 0.5) is 0 Å². The first kappa shape index (κ1) is 16.5. The van der Waals surface area contributed by atoms with E-state index in [1.54, 1.807) is 0 Å². The zero-order valence-corrected chi connectivity index (χ0v) is 26.8. The number of benzene rings is 8. The van der Waals surface area contributed by atoms with Crippen molar-refractivity contribution in [3.63, 3.8) is 0 Å². The molecule has 0 fully saturated rings. The van der Waals surface area contributed by atoms with Crippen LogP contribution in [-0.2, 0) is 0 Å². The number of nitrogens with zero attached hydrogens (tertiary/aromatic N) is 3.